The highest BCUT2D eigenvalue weighted by atomic mass is 35.5. The zero-order valence-electron chi connectivity index (χ0n) is 19.3. The molecule has 2 aromatic carbocycles. The summed E-state index contributed by atoms with van der Waals surface area (Å²) in [4.78, 5) is 19.8. The Bertz CT molecular complexity index is 1020. The monoisotopic (exact) mass is 436 g/mol. The summed E-state index contributed by atoms with van der Waals surface area (Å²) in [6.07, 6.45) is 4.89. The average molecular weight is 437 g/mol. The third kappa shape index (κ3) is 5.46. The number of carbonyl (C=O) groups excluding carboxylic acids is 1. The first kappa shape index (κ1) is 23.3. The molecule has 1 amide bonds. The molecule has 1 unspecified atom stereocenters. The highest BCUT2D eigenvalue weighted by molar-refractivity contribution is 6.30. The van der Waals surface area contributed by atoms with Crippen LogP contribution in [0.4, 0.5) is 5.69 Å². The van der Waals surface area contributed by atoms with Gasteiger partial charge in [0.05, 0.1) is 5.92 Å². The molecule has 0 aliphatic carbocycles. The van der Waals surface area contributed by atoms with Crippen LogP contribution in [0, 0.1) is 26.7 Å². The number of halogens is 1. The van der Waals surface area contributed by atoms with Crippen LogP contribution in [-0.4, -0.2) is 24.7 Å². The van der Waals surface area contributed by atoms with Crippen molar-refractivity contribution >= 4 is 34.5 Å². The Morgan fingerprint density at radius 1 is 1.13 bits per heavy atom. The molecule has 0 radical (unpaired) electrons. The molecule has 1 atom stereocenters. The number of benzene rings is 2. The highest BCUT2D eigenvalue weighted by Crippen LogP contribution is 2.29. The predicted molar refractivity (Wildman–Crippen MR) is 133 cm³/mol. The lowest BCUT2D eigenvalue weighted by atomic mass is 9.97. The van der Waals surface area contributed by atoms with E-state index in [1.165, 1.54) is 27.8 Å². The number of aliphatic imine (C=N–C) groups is 1. The number of hydrogen-bond donors (Lipinski definition) is 0. The van der Waals surface area contributed by atoms with Gasteiger partial charge in [-0.25, -0.2) is 0 Å². The number of aryl methyl sites for hydroxylation is 3. The van der Waals surface area contributed by atoms with Gasteiger partial charge in [0.25, 0.3) is 0 Å². The number of carbonyl (C=O) groups is 1. The second-order valence-electron chi connectivity index (χ2n) is 8.47. The molecule has 1 fully saturated rings. The van der Waals surface area contributed by atoms with Gasteiger partial charge in [0.2, 0.25) is 5.91 Å². The Balaban J connectivity index is 1.68. The van der Waals surface area contributed by atoms with Crippen molar-refractivity contribution in [2.24, 2.45) is 10.9 Å². The maximum atomic E-state index is 13.1. The van der Waals surface area contributed by atoms with Gasteiger partial charge >= 0.3 is 0 Å². The van der Waals surface area contributed by atoms with Gasteiger partial charge in [-0.05, 0) is 99.0 Å². The lowest BCUT2D eigenvalue weighted by Gasteiger charge is -2.18. The lowest BCUT2D eigenvalue weighted by Crippen LogP contribution is -2.29. The number of nitrogens with zero attached hydrogens (tertiary/aromatic N) is 2. The van der Waals surface area contributed by atoms with E-state index in [2.05, 4.69) is 52.0 Å². The summed E-state index contributed by atoms with van der Waals surface area (Å²) in [7, 11) is 0. The van der Waals surface area contributed by atoms with Crippen LogP contribution >= 0.6 is 11.6 Å². The third-order valence-electron chi connectivity index (χ3n) is 6.25. The maximum absolute atomic E-state index is 13.1. The molecular weight excluding hydrogens is 404 g/mol. The molecule has 0 spiro atoms. The zero-order valence-corrected chi connectivity index (χ0v) is 20.1. The summed E-state index contributed by atoms with van der Waals surface area (Å²) in [5.74, 6) is 0.0487. The Morgan fingerprint density at radius 3 is 2.58 bits per heavy atom. The second-order valence-corrected chi connectivity index (χ2v) is 8.91. The number of anilines is 1. The predicted octanol–water partition coefficient (Wildman–Crippen LogP) is 6.96. The quantitative estimate of drug-likeness (QED) is 0.431. The first-order chi connectivity index (χ1) is 14.8. The molecule has 3 rings (SSSR count). The van der Waals surface area contributed by atoms with Crippen molar-refractivity contribution in [3.05, 3.63) is 69.8 Å². The van der Waals surface area contributed by atoms with Gasteiger partial charge in [0, 0.05) is 29.5 Å². The summed E-state index contributed by atoms with van der Waals surface area (Å²) >= 11 is 6.23. The van der Waals surface area contributed by atoms with Crippen molar-refractivity contribution in [1.82, 2.24) is 0 Å². The number of allylic oxidation sites excluding steroid dienone is 1. The van der Waals surface area contributed by atoms with Gasteiger partial charge < -0.3 is 4.90 Å². The molecule has 31 heavy (non-hydrogen) atoms. The van der Waals surface area contributed by atoms with E-state index in [1.54, 1.807) is 0 Å². The normalized spacial score (nSPS) is 17.5. The Labute approximate surface area is 191 Å². The summed E-state index contributed by atoms with van der Waals surface area (Å²) < 4.78 is 0. The first-order valence-electron chi connectivity index (χ1n) is 11.2. The van der Waals surface area contributed by atoms with Crippen LogP contribution in [0.3, 0.4) is 0 Å². The molecule has 4 heteroatoms. The van der Waals surface area contributed by atoms with Gasteiger partial charge in [-0.2, -0.15) is 0 Å². The van der Waals surface area contributed by atoms with E-state index >= 15 is 0 Å². The first-order valence-corrected chi connectivity index (χ1v) is 11.5. The van der Waals surface area contributed by atoms with Gasteiger partial charge in [0.15, 0.2) is 0 Å². The average Bonchev–Trinajstić information content (AvgIpc) is 3.12. The minimum Gasteiger partial charge on any atom is -0.312 e. The van der Waals surface area contributed by atoms with E-state index < -0.39 is 0 Å². The topological polar surface area (TPSA) is 32.7 Å². The largest absolute Gasteiger partial charge is 0.312 e. The SMILES string of the molecule is CCC=C(CCN=C(C)C1CCN(c2ccc(C)c(C)c2)C1=O)c1cc(Cl)ccc1C. The van der Waals surface area contributed by atoms with E-state index in [0.717, 1.165) is 42.2 Å². The van der Waals surface area contributed by atoms with Gasteiger partial charge in [0.1, 0.15) is 0 Å². The van der Waals surface area contributed by atoms with Crippen molar-refractivity contribution in [3.8, 4) is 0 Å². The molecule has 164 valence electrons. The smallest absolute Gasteiger partial charge is 0.235 e. The van der Waals surface area contributed by atoms with Crippen LogP contribution < -0.4 is 4.90 Å². The van der Waals surface area contributed by atoms with Crippen molar-refractivity contribution in [3.63, 3.8) is 0 Å². The number of amides is 1. The molecule has 1 aliphatic heterocycles. The number of rotatable bonds is 7. The highest BCUT2D eigenvalue weighted by Gasteiger charge is 2.34. The van der Waals surface area contributed by atoms with Crippen LogP contribution in [0.15, 0.2) is 47.5 Å². The Morgan fingerprint density at radius 2 is 1.87 bits per heavy atom. The number of hydrogen-bond acceptors (Lipinski definition) is 2. The molecule has 2 aromatic rings. The van der Waals surface area contributed by atoms with Crippen molar-refractivity contribution in [1.29, 1.82) is 0 Å². The molecule has 1 saturated heterocycles. The molecule has 3 nitrogen and oxygen atoms in total. The summed E-state index contributed by atoms with van der Waals surface area (Å²) in [5.41, 5.74) is 8.08. The van der Waals surface area contributed by atoms with E-state index in [4.69, 9.17) is 16.6 Å². The van der Waals surface area contributed by atoms with E-state index in [1.807, 2.05) is 30.0 Å². The van der Waals surface area contributed by atoms with Crippen molar-refractivity contribution < 1.29 is 4.79 Å². The van der Waals surface area contributed by atoms with Crippen LogP contribution in [-0.2, 0) is 4.79 Å². The molecule has 0 N–H and O–H groups in total. The van der Waals surface area contributed by atoms with Gasteiger partial charge in [-0.1, -0.05) is 36.7 Å². The van der Waals surface area contributed by atoms with E-state index in [-0.39, 0.29) is 11.8 Å². The van der Waals surface area contributed by atoms with Crippen LogP contribution in [0.2, 0.25) is 5.02 Å². The molecule has 0 saturated carbocycles. The Hall–Kier alpha value is -2.39. The zero-order chi connectivity index (χ0) is 22.5. The van der Waals surface area contributed by atoms with E-state index in [9.17, 15) is 4.79 Å². The fourth-order valence-corrected chi connectivity index (χ4v) is 4.39. The minimum absolute atomic E-state index is 0.117. The van der Waals surface area contributed by atoms with Crippen LogP contribution in [0.5, 0.6) is 0 Å². The molecule has 0 aromatic heterocycles. The van der Waals surface area contributed by atoms with Crippen LogP contribution in [0.1, 0.15) is 55.4 Å². The summed E-state index contributed by atoms with van der Waals surface area (Å²) in [5, 5.41) is 0.755. The molecular formula is C27H33ClN2O. The van der Waals surface area contributed by atoms with Crippen molar-refractivity contribution in [2.45, 2.75) is 53.9 Å². The van der Waals surface area contributed by atoms with E-state index in [0.29, 0.717) is 6.54 Å². The summed E-state index contributed by atoms with van der Waals surface area (Å²) in [6, 6.07) is 12.3. The second kappa shape index (κ2) is 10.3. The third-order valence-corrected chi connectivity index (χ3v) is 6.49. The lowest BCUT2D eigenvalue weighted by molar-refractivity contribution is -0.118. The molecule has 1 heterocycles. The maximum Gasteiger partial charge on any atom is 0.235 e. The fraction of sp³-hybridized carbons (Fsp3) is 0.407. The standard InChI is InChI=1S/C27H33ClN2O/c1-6-7-22(26-17-23(28)10-8-19(26)3)12-14-29-21(5)25-13-15-30(27(25)31)24-11-9-18(2)20(4)16-24/h7-11,16-17,25H,6,12-15H2,1-5H3. The minimum atomic E-state index is -0.117. The molecule has 1 aliphatic rings. The van der Waals surface area contributed by atoms with Crippen LogP contribution in [0.25, 0.3) is 5.57 Å². The van der Waals surface area contributed by atoms with Gasteiger partial charge in [-0.3, -0.25) is 9.79 Å². The molecule has 0 bridgehead atoms. The fourth-order valence-electron chi connectivity index (χ4n) is 4.21. The summed E-state index contributed by atoms with van der Waals surface area (Å²) in [6.45, 7) is 11.9. The Kier molecular flexibility index (Phi) is 7.72. The van der Waals surface area contributed by atoms with Gasteiger partial charge in [-0.15, -0.1) is 0 Å². The van der Waals surface area contributed by atoms with Crippen molar-refractivity contribution in [2.75, 3.05) is 18.0 Å².